The Bertz CT molecular complexity index is 512. The number of rotatable bonds is 3. The van der Waals surface area contributed by atoms with E-state index in [0.29, 0.717) is 18.4 Å². The molecule has 1 N–H and O–H groups in total. The highest BCUT2D eigenvalue weighted by molar-refractivity contribution is 5.89. The van der Waals surface area contributed by atoms with E-state index in [4.69, 9.17) is 9.47 Å². The van der Waals surface area contributed by atoms with Gasteiger partial charge in [0, 0.05) is 24.9 Å². The Morgan fingerprint density at radius 3 is 2.80 bits per heavy atom. The lowest BCUT2D eigenvalue weighted by Gasteiger charge is -2.20. The summed E-state index contributed by atoms with van der Waals surface area (Å²) in [5, 5.41) is 9.50. The van der Waals surface area contributed by atoms with Crippen LogP contribution in [0.5, 0.6) is 0 Å². The maximum absolute atomic E-state index is 12.0. The molecule has 3 rings (SSSR count). The number of hydrogen-bond acceptors (Lipinski definition) is 5. The summed E-state index contributed by atoms with van der Waals surface area (Å²) < 4.78 is 10.7. The van der Waals surface area contributed by atoms with E-state index in [2.05, 4.69) is 0 Å². The summed E-state index contributed by atoms with van der Waals surface area (Å²) in [6, 6.07) is 8.74. The van der Waals surface area contributed by atoms with Gasteiger partial charge in [-0.15, -0.1) is 0 Å². The summed E-state index contributed by atoms with van der Waals surface area (Å²) in [6.45, 7) is -0.107. The van der Waals surface area contributed by atoms with Gasteiger partial charge >= 0.3 is 11.9 Å². The highest BCUT2D eigenvalue weighted by atomic mass is 16.6. The van der Waals surface area contributed by atoms with Crippen LogP contribution in [0.4, 0.5) is 0 Å². The van der Waals surface area contributed by atoms with E-state index < -0.39 is 12.1 Å². The number of ether oxygens (including phenoxy) is 2. The van der Waals surface area contributed by atoms with Gasteiger partial charge in [-0.2, -0.15) is 0 Å². The number of hydrogen-bond donors (Lipinski definition) is 1. The van der Waals surface area contributed by atoms with Crippen molar-refractivity contribution < 1.29 is 24.2 Å². The monoisotopic (exact) mass is 276 g/mol. The van der Waals surface area contributed by atoms with Crippen LogP contribution >= 0.6 is 0 Å². The number of aliphatic hydroxyl groups is 1. The molecule has 5 heteroatoms. The van der Waals surface area contributed by atoms with E-state index in [1.165, 1.54) is 0 Å². The molecule has 1 aliphatic heterocycles. The minimum Gasteiger partial charge on any atom is -0.462 e. The SMILES string of the molecule is O=C1C[C@@H]2[C@H](CO)[C@@H](OC(=O)c3ccccc3)C[C@@H]2O1. The van der Waals surface area contributed by atoms with Gasteiger partial charge in [0.2, 0.25) is 0 Å². The van der Waals surface area contributed by atoms with Gasteiger partial charge < -0.3 is 14.6 Å². The van der Waals surface area contributed by atoms with Crippen LogP contribution in [0, 0.1) is 11.8 Å². The number of aliphatic hydroxyl groups excluding tert-OH is 1. The van der Waals surface area contributed by atoms with Crippen molar-refractivity contribution in [3.05, 3.63) is 35.9 Å². The van der Waals surface area contributed by atoms with Crippen molar-refractivity contribution in [2.75, 3.05) is 6.61 Å². The summed E-state index contributed by atoms with van der Waals surface area (Å²) >= 11 is 0. The molecule has 106 valence electrons. The molecule has 0 amide bonds. The first kappa shape index (κ1) is 13.1. The van der Waals surface area contributed by atoms with E-state index in [-0.39, 0.29) is 30.5 Å². The fourth-order valence-electron chi connectivity index (χ4n) is 3.13. The fraction of sp³-hybridized carbons (Fsp3) is 0.467. The molecule has 1 saturated carbocycles. The predicted molar refractivity (Wildman–Crippen MR) is 68.8 cm³/mol. The first-order chi connectivity index (χ1) is 9.69. The average Bonchev–Trinajstić information content (AvgIpc) is 2.95. The molecule has 2 fully saturated rings. The number of carbonyl (C=O) groups excluding carboxylic acids is 2. The van der Waals surface area contributed by atoms with Gasteiger partial charge in [-0.3, -0.25) is 4.79 Å². The van der Waals surface area contributed by atoms with Gasteiger partial charge in [-0.05, 0) is 12.1 Å². The molecule has 4 atom stereocenters. The number of carbonyl (C=O) groups is 2. The standard InChI is InChI=1S/C15H16O5/c16-8-11-10-6-14(17)19-12(10)7-13(11)20-15(18)9-4-2-1-3-5-9/h1-5,10-13,16H,6-8H2/t10-,11+,12+,13+/m1/s1. The molecule has 0 radical (unpaired) electrons. The number of esters is 2. The zero-order valence-electron chi connectivity index (χ0n) is 10.9. The van der Waals surface area contributed by atoms with Crippen molar-refractivity contribution in [1.82, 2.24) is 0 Å². The summed E-state index contributed by atoms with van der Waals surface area (Å²) in [6.07, 6.45) is 0.152. The fourth-order valence-corrected chi connectivity index (χ4v) is 3.13. The highest BCUT2D eigenvalue weighted by Gasteiger charge is 2.51. The molecule has 1 saturated heterocycles. The lowest BCUT2D eigenvalue weighted by Crippen LogP contribution is -2.28. The normalized spacial score (nSPS) is 31.8. The summed E-state index contributed by atoms with van der Waals surface area (Å²) in [4.78, 5) is 23.3. The Hall–Kier alpha value is -1.88. The Morgan fingerprint density at radius 2 is 2.10 bits per heavy atom. The van der Waals surface area contributed by atoms with Crippen LogP contribution < -0.4 is 0 Å². The second-order valence-electron chi connectivity index (χ2n) is 5.29. The molecule has 1 aliphatic carbocycles. The molecule has 0 unspecified atom stereocenters. The molecule has 2 aliphatic rings. The van der Waals surface area contributed by atoms with Crippen LogP contribution in [-0.4, -0.2) is 35.9 Å². The third-order valence-electron chi connectivity index (χ3n) is 4.13. The van der Waals surface area contributed by atoms with Crippen molar-refractivity contribution in [1.29, 1.82) is 0 Å². The zero-order valence-corrected chi connectivity index (χ0v) is 10.9. The van der Waals surface area contributed by atoms with Gasteiger partial charge in [-0.1, -0.05) is 18.2 Å². The van der Waals surface area contributed by atoms with E-state index in [1.54, 1.807) is 24.3 Å². The van der Waals surface area contributed by atoms with Crippen LogP contribution in [0.2, 0.25) is 0 Å². The third-order valence-corrected chi connectivity index (χ3v) is 4.13. The summed E-state index contributed by atoms with van der Waals surface area (Å²) in [5.41, 5.74) is 0.484. The zero-order chi connectivity index (χ0) is 14.1. The Kier molecular flexibility index (Phi) is 3.44. The van der Waals surface area contributed by atoms with Crippen LogP contribution in [0.3, 0.4) is 0 Å². The molecule has 20 heavy (non-hydrogen) atoms. The Labute approximate surface area is 116 Å². The van der Waals surface area contributed by atoms with Crippen LogP contribution in [-0.2, 0) is 14.3 Å². The Balaban J connectivity index is 1.69. The third kappa shape index (κ3) is 2.29. The molecule has 1 aromatic carbocycles. The average molecular weight is 276 g/mol. The summed E-state index contributed by atoms with van der Waals surface area (Å²) in [5.74, 6) is -0.896. The Morgan fingerprint density at radius 1 is 1.35 bits per heavy atom. The van der Waals surface area contributed by atoms with E-state index in [0.717, 1.165) is 0 Å². The molecular formula is C15H16O5. The minimum absolute atomic E-state index is 0.0407. The quantitative estimate of drug-likeness (QED) is 0.839. The van der Waals surface area contributed by atoms with Gasteiger partial charge in [-0.25, -0.2) is 4.79 Å². The van der Waals surface area contributed by atoms with Gasteiger partial charge in [0.1, 0.15) is 12.2 Å². The summed E-state index contributed by atoms with van der Waals surface area (Å²) in [7, 11) is 0. The molecule has 0 bridgehead atoms. The van der Waals surface area contributed by atoms with Crippen LogP contribution in [0.25, 0.3) is 0 Å². The minimum atomic E-state index is -0.402. The molecule has 5 nitrogen and oxygen atoms in total. The maximum atomic E-state index is 12.0. The van der Waals surface area contributed by atoms with E-state index in [1.807, 2.05) is 6.07 Å². The predicted octanol–water partition coefficient (Wildman–Crippen LogP) is 1.16. The molecule has 1 heterocycles. The molecular weight excluding hydrogens is 260 g/mol. The maximum Gasteiger partial charge on any atom is 0.338 e. The van der Waals surface area contributed by atoms with Crippen molar-refractivity contribution in [2.24, 2.45) is 11.8 Å². The van der Waals surface area contributed by atoms with Crippen molar-refractivity contribution in [3.8, 4) is 0 Å². The topological polar surface area (TPSA) is 72.8 Å². The van der Waals surface area contributed by atoms with E-state index in [9.17, 15) is 14.7 Å². The lowest BCUT2D eigenvalue weighted by atomic mass is 9.93. The van der Waals surface area contributed by atoms with Gasteiger partial charge in [0.15, 0.2) is 0 Å². The smallest absolute Gasteiger partial charge is 0.338 e. The second-order valence-corrected chi connectivity index (χ2v) is 5.29. The van der Waals surface area contributed by atoms with Gasteiger partial charge in [0.05, 0.1) is 12.0 Å². The second kappa shape index (κ2) is 5.25. The first-order valence-electron chi connectivity index (χ1n) is 6.75. The largest absolute Gasteiger partial charge is 0.462 e. The van der Waals surface area contributed by atoms with Crippen LogP contribution in [0.15, 0.2) is 30.3 Å². The first-order valence-corrected chi connectivity index (χ1v) is 6.75. The van der Waals surface area contributed by atoms with Crippen molar-refractivity contribution in [3.63, 3.8) is 0 Å². The highest BCUT2D eigenvalue weighted by Crippen LogP contribution is 2.42. The van der Waals surface area contributed by atoms with E-state index >= 15 is 0 Å². The molecule has 0 aromatic heterocycles. The van der Waals surface area contributed by atoms with Crippen molar-refractivity contribution in [2.45, 2.75) is 25.0 Å². The molecule has 1 aromatic rings. The van der Waals surface area contributed by atoms with Crippen LogP contribution in [0.1, 0.15) is 23.2 Å². The van der Waals surface area contributed by atoms with Crippen molar-refractivity contribution >= 4 is 11.9 Å². The number of benzene rings is 1. The van der Waals surface area contributed by atoms with Gasteiger partial charge in [0.25, 0.3) is 0 Å². The number of fused-ring (bicyclic) bond motifs is 1. The lowest BCUT2D eigenvalue weighted by molar-refractivity contribution is -0.141. The molecule has 0 spiro atoms.